The minimum Gasteiger partial charge on any atom is -0.384 e. The minimum atomic E-state index is -0.205. The molecular formula is C16H22N2O2. The molecule has 0 saturated carbocycles. The molecule has 0 bridgehead atoms. The highest BCUT2D eigenvalue weighted by molar-refractivity contribution is 5.95. The predicted molar refractivity (Wildman–Crippen MR) is 79.2 cm³/mol. The van der Waals surface area contributed by atoms with Crippen molar-refractivity contribution < 1.29 is 9.53 Å². The van der Waals surface area contributed by atoms with Gasteiger partial charge in [-0.1, -0.05) is 6.07 Å². The largest absolute Gasteiger partial charge is 0.384 e. The number of ether oxygens (including phenoxy) is 1. The number of piperidine rings is 1. The van der Waals surface area contributed by atoms with Gasteiger partial charge in [0, 0.05) is 38.0 Å². The quantitative estimate of drug-likeness (QED) is 0.899. The van der Waals surface area contributed by atoms with Crippen LogP contribution in [0.1, 0.15) is 35.7 Å². The number of amides is 1. The molecule has 0 aromatic heterocycles. The summed E-state index contributed by atoms with van der Waals surface area (Å²) in [5.74, 6) is 0.115. The number of nitrogens with zero attached hydrogens (tertiary/aromatic N) is 1. The fraction of sp³-hybridized carbons (Fsp3) is 0.562. The van der Waals surface area contributed by atoms with Crippen molar-refractivity contribution in [1.82, 2.24) is 4.90 Å². The zero-order valence-corrected chi connectivity index (χ0v) is 12.2. The molecule has 1 fully saturated rings. The van der Waals surface area contributed by atoms with E-state index in [1.807, 2.05) is 17.0 Å². The Morgan fingerprint density at radius 3 is 3.10 bits per heavy atom. The lowest BCUT2D eigenvalue weighted by Crippen LogP contribution is -2.49. The molecule has 1 aromatic carbocycles. The summed E-state index contributed by atoms with van der Waals surface area (Å²) >= 11 is 0. The van der Waals surface area contributed by atoms with Crippen LogP contribution in [0.2, 0.25) is 0 Å². The molecule has 0 aliphatic carbocycles. The second-order valence-electron chi connectivity index (χ2n) is 6.03. The Balaban J connectivity index is 1.78. The Morgan fingerprint density at radius 2 is 2.30 bits per heavy atom. The van der Waals surface area contributed by atoms with Crippen LogP contribution in [0, 0.1) is 0 Å². The number of fused-ring (bicyclic) bond motifs is 1. The average Bonchev–Trinajstić information content (AvgIpc) is 2.94. The molecule has 4 nitrogen and oxygen atoms in total. The second-order valence-corrected chi connectivity index (χ2v) is 6.03. The first-order valence-corrected chi connectivity index (χ1v) is 7.32. The summed E-state index contributed by atoms with van der Waals surface area (Å²) in [6.45, 7) is 4.55. The van der Waals surface area contributed by atoms with E-state index in [2.05, 4.69) is 18.3 Å². The molecule has 1 amide bonds. The molecule has 1 atom stereocenters. The monoisotopic (exact) mass is 274 g/mol. The summed E-state index contributed by atoms with van der Waals surface area (Å²) in [5, 5.41) is 3.33. The number of hydrogen-bond donors (Lipinski definition) is 1. The van der Waals surface area contributed by atoms with Crippen molar-refractivity contribution in [3.05, 3.63) is 29.3 Å². The third-order valence-electron chi connectivity index (χ3n) is 4.51. The van der Waals surface area contributed by atoms with Crippen molar-refractivity contribution in [2.24, 2.45) is 0 Å². The van der Waals surface area contributed by atoms with E-state index in [1.165, 1.54) is 5.56 Å². The highest BCUT2D eigenvalue weighted by Crippen LogP contribution is 2.27. The van der Waals surface area contributed by atoms with Gasteiger partial charge in [0.05, 0.1) is 5.60 Å². The van der Waals surface area contributed by atoms with Crippen molar-refractivity contribution >= 4 is 11.6 Å². The topological polar surface area (TPSA) is 41.6 Å². The van der Waals surface area contributed by atoms with E-state index in [-0.39, 0.29) is 11.5 Å². The van der Waals surface area contributed by atoms with E-state index >= 15 is 0 Å². The van der Waals surface area contributed by atoms with Crippen LogP contribution >= 0.6 is 0 Å². The van der Waals surface area contributed by atoms with Crippen molar-refractivity contribution in [3.8, 4) is 0 Å². The predicted octanol–water partition coefficient (Wildman–Crippen LogP) is 2.30. The van der Waals surface area contributed by atoms with Crippen molar-refractivity contribution in [2.75, 3.05) is 32.1 Å². The highest BCUT2D eigenvalue weighted by atomic mass is 16.5. The molecule has 0 spiro atoms. The van der Waals surface area contributed by atoms with Gasteiger partial charge in [-0.2, -0.15) is 0 Å². The summed E-state index contributed by atoms with van der Waals surface area (Å²) in [7, 11) is 1.73. The van der Waals surface area contributed by atoms with Gasteiger partial charge < -0.3 is 15.0 Å². The molecule has 1 unspecified atom stereocenters. The Hall–Kier alpha value is -1.55. The summed E-state index contributed by atoms with van der Waals surface area (Å²) in [5.41, 5.74) is 2.99. The SMILES string of the molecule is COC1(C)CCCN(C(=O)c2ccc3c(c2)NCC3)C1. The Morgan fingerprint density at radius 1 is 1.45 bits per heavy atom. The maximum atomic E-state index is 12.6. The standard InChI is InChI=1S/C16H22N2O2/c1-16(20-2)7-3-9-18(11-16)15(19)13-5-4-12-6-8-17-14(12)10-13/h4-5,10,17H,3,6-9,11H2,1-2H3. The van der Waals surface area contributed by atoms with E-state index in [0.717, 1.165) is 43.6 Å². The van der Waals surface area contributed by atoms with Gasteiger partial charge in [0.15, 0.2) is 0 Å². The van der Waals surface area contributed by atoms with E-state index in [4.69, 9.17) is 4.74 Å². The van der Waals surface area contributed by atoms with E-state index in [9.17, 15) is 4.79 Å². The van der Waals surface area contributed by atoms with Crippen molar-refractivity contribution in [1.29, 1.82) is 0 Å². The summed E-state index contributed by atoms with van der Waals surface area (Å²) < 4.78 is 5.56. The minimum absolute atomic E-state index is 0.115. The van der Waals surface area contributed by atoms with Gasteiger partial charge in [-0.15, -0.1) is 0 Å². The maximum Gasteiger partial charge on any atom is 0.254 e. The fourth-order valence-corrected chi connectivity index (χ4v) is 3.15. The van der Waals surface area contributed by atoms with Crippen LogP contribution in [0.3, 0.4) is 0 Å². The van der Waals surface area contributed by atoms with Crippen molar-refractivity contribution in [2.45, 2.75) is 31.8 Å². The van der Waals surface area contributed by atoms with Gasteiger partial charge in [0.1, 0.15) is 0 Å². The number of nitrogens with one attached hydrogen (secondary N) is 1. The third kappa shape index (κ3) is 2.40. The van der Waals surface area contributed by atoms with Gasteiger partial charge in [-0.05, 0) is 43.9 Å². The zero-order chi connectivity index (χ0) is 14.2. The molecule has 1 N–H and O–H groups in total. The molecular weight excluding hydrogens is 252 g/mol. The number of hydrogen-bond acceptors (Lipinski definition) is 3. The Labute approximate surface area is 120 Å². The third-order valence-corrected chi connectivity index (χ3v) is 4.51. The normalized spacial score (nSPS) is 25.2. The van der Waals surface area contributed by atoms with Gasteiger partial charge in [0.25, 0.3) is 5.91 Å². The average molecular weight is 274 g/mol. The molecule has 2 heterocycles. The lowest BCUT2D eigenvalue weighted by atomic mass is 9.94. The maximum absolute atomic E-state index is 12.6. The molecule has 2 aliphatic heterocycles. The molecule has 1 aromatic rings. The lowest BCUT2D eigenvalue weighted by molar-refractivity contribution is -0.0440. The van der Waals surface area contributed by atoms with E-state index in [1.54, 1.807) is 7.11 Å². The van der Waals surface area contributed by atoms with Crippen LogP contribution < -0.4 is 5.32 Å². The molecule has 0 radical (unpaired) electrons. The number of methoxy groups -OCH3 is 1. The van der Waals surface area contributed by atoms with Crippen LogP contribution in [0.5, 0.6) is 0 Å². The van der Waals surface area contributed by atoms with Gasteiger partial charge in [-0.25, -0.2) is 0 Å². The molecule has 2 aliphatic rings. The van der Waals surface area contributed by atoms with Crippen molar-refractivity contribution in [3.63, 3.8) is 0 Å². The van der Waals surface area contributed by atoms with Crippen LogP contribution in [0.4, 0.5) is 5.69 Å². The number of likely N-dealkylation sites (tertiary alicyclic amines) is 1. The van der Waals surface area contributed by atoms with Gasteiger partial charge in [-0.3, -0.25) is 4.79 Å². The number of carbonyl (C=O) groups excluding carboxylic acids is 1. The Bertz CT molecular complexity index is 529. The first-order chi connectivity index (χ1) is 9.61. The van der Waals surface area contributed by atoms with Crippen LogP contribution in [-0.2, 0) is 11.2 Å². The zero-order valence-electron chi connectivity index (χ0n) is 12.2. The fourth-order valence-electron chi connectivity index (χ4n) is 3.15. The van der Waals surface area contributed by atoms with Crippen LogP contribution in [-0.4, -0.2) is 43.2 Å². The lowest BCUT2D eigenvalue weighted by Gasteiger charge is -2.39. The van der Waals surface area contributed by atoms with E-state index < -0.39 is 0 Å². The second kappa shape index (κ2) is 5.09. The molecule has 108 valence electrons. The molecule has 3 rings (SSSR count). The summed E-state index contributed by atoms with van der Waals surface area (Å²) in [6, 6.07) is 6.01. The number of anilines is 1. The van der Waals surface area contributed by atoms with Gasteiger partial charge >= 0.3 is 0 Å². The van der Waals surface area contributed by atoms with Crippen LogP contribution in [0.25, 0.3) is 0 Å². The number of benzene rings is 1. The highest BCUT2D eigenvalue weighted by Gasteiger charge is 2.33. The smallest absolute Gasteiger partial charge is 0.254 e. The molecule has 1 saturated heterocycles. The van der Waals surface area contributed by atoms with Gasteiger partial charge in [0.2, 0.25) is 0 Å². The Kier molecular flexibility index (Phi) is 3.42. The number of carbonyl (C=O) groups is 1. The summed E-state index contributed by atoms with van der Waals surface area (Å²) in [4.78, 5) is 14.6. The molecule has 4 heteroatoms. The van der Waals surface area contributed by atoms with E-state index in [0.29, 0.717) is 6.54 Å². The first-order valence-electron chi connectivity index (χ1n) is 7.32. The number of rotatable bonds is 2. The first kappa shape index (κ1) is 13.4. The summed E-state index contributed by atoms with van der Waals surface area (Å²) in [6.07, 6.45) is 3.06. The molecule has 20 heavy (non-hydrogen) atoms. The van der Waals surface area contributed by atoms with Crippen LogP contribution in [0.15, 0.2) is 18.2 Å².